The van der Waals surface area contributed by atoms with Gasteiger partial charge in [-0.1, -0.05) is 42.5 Å². The van der Waals surface area contributed by atoms with Crippen molar-refractivity contribution in [3.63, 3.8) is 0 Å². The third-order valence-electron chi connectivity index (χ3n) is 2.78. The summed E-state index contributed by atoms with van der Waals surface area (Å²) in [5.41, 5.74) is 7.11. The Labute approximate surface area is 104 Å². The molecule has 2 rings (SSSR count). The van der Waals surface area contributed by atoms with E-state index in [2.05, 4.69) is 41.3 Å². The fraction of sp³-hybridized carbons (Fsp3) is 0.385. The average molecular weight is 239 g/mol. The molecule has 1 aliphatic rings. The van der Waals surface area contributed by atoms with Crippen LogP contribution in [0.2, 0.25) is 0 Å². The van der Waals surface area contributed by atoms with E-state index in [1.807, 2.05) is 6.07 Å². The summed E-state index contributed by atoms with van der Waals surface area (Å²) in [4.78, 5) is 2.39. The van der Waals surface area contributed by atoms with Gasteiger partial charge in [-0.05, 0) is 12.0 Å². The van der Waals surface area contributed by atoms with Crippen LogP contribution in [0.5, 0.6) is 0 Å². The number of hydrogen-bond acceptors (Lipinski definition) is 2. The molecule has 0 radical (unpaired) electrons. The Kier molecular flexibility index (Phi) is 5.53. The molecule has 0 amide bonds. The van der Waals surface area contributed by atoms with E-state index >= 15 is 0 Å². The van der Waals surface area contributed by atoms with Gasteiger partial charge in [-0.25, -0.2) is 0 Å². The van der Waals surface area contributed by atoms with Crippen LogP contribution in [0.15, 0.2) is 36.4 Å². The monoisotopic (exact) mass is 238 g/mol. The average Bonchev–Trinajstić information content (AvgIpc) is 2.66. The molecule has 1 heterocycles. The lowest BCUT2D eigenvalue weighted by molar-refractivity contribution is 0.372. The quantitative estimate of drug-likeness (QED) is 0.875. The molecule has 1 aromatic carbocycles. The van der Waals surface area contributed by atoms with E-state index in [1.165, 1.54) is 5.56 Å². The van der Waals surface area contributed by atoms with Crippen LogP contribution in [0.4, 0.5) is 0 Å². The van der Waals surface area contributed by atoms with Crippen LogP contribution in [0.1, 0.15) is 12.0 Å². The molecule has 16 heavy (non-hydrogen) atoms. The normalized spacial score (nSPS) is 21.2. The first kappa shape index (κ1) is 13.2. The minimum Gasteiger partial charge on any atom is -0.326 e. The lowest BCUT2D eigenvalue weighted by Crippen LogP contribution is -2.26. The topological polar surface area (TPSA) is 29.3 Å². The second-order valence-electron chi connectivity index (χ2n) is 4.12. The van der Waals surface area contributed by atoms with E-state index in [9.17, 15) is 0 Å². The molecule has 0 saturated carbocycles. The molecule has 1 aliphatic heterocycles. The zero-order valence-corrected chi connectivity index (χ0v) is 10.2. The maximum absolute atomic E-state index is 5.84. The predicted octanol–water partition coefficient (Wildman–Crippen LogP) is 2.15. The molecular formula is C13H19ClN2. The van der Waals surface area contributed by atoms with Crippen molar-refractivity contribution >= 4 is 18.5 Å². The highest BCUT2D eigenvalue weighted by Gasteiger charge is 2.16. The molecule has 1 atom stereocenters. The molecule has 88 valence electrons. The highest BCUT2D eigenvalue weighted by molar-refractivity contribution is 5.85. The standard InChI is InChI=1S/C13H18N2.ClH/c14-13-8-10-15(11-13)9-4-7-12-5-2-1-3-6-12;/h1-7,13H,8-11,14H2;1H/b7-4+;. The highest BCUT2D eigenvalue weighted by atomic mass is 35.5. The van der Waals surface area contributed by atoms with E-state index in [4.69, 9.17) is 5.73 Å². The van der Waals surface area contributed by atoms with Gasteiger partial charge in [-0.15, -0.1) is 12.4 Å². The molecule has 1 aromatic rings. The maximum atomic E-state index is 5.84. The van der Waals surface area contributed by atoms with Crippen LogP contribution in [0.25, 0.3) is 6.08 Å². The summed E-state index contributed by atoms with van der Waals surface area (Å²) < 4.78 is 0. The van der Waals surface area contributed by atoms with E-state index in [0.29, 0.717) is 6.04 Å². The van der Waals surface area contributed by atoms with Crippen molar-refractivity contribution in [2.75, 3.05) is 19.6 Å². The molecule has 0 aliphatic carbocycles. The zero-order valence-electron chi connectivity index (χ0n) is 9.38. The fourth-order valence-electron chi connectivity index (χ4n) is 1.93. The number of benzene rings is 1. The fourth-order valence-corrected chi connectivity index (χ4v) is 1.93. The van der Waals surface area contributed by atoms with Crippen LogP contribution in [-0.2, 0) is 0 Å². The summed E-state index contributed by atoms with van der Waals surface area (Å²) >= 11 is 0. The molecule has 1 fully saturated rings. The van der Waals surface area contributed by atoms with Gasteiger partial charge in [0.05, 0.1) is 0 Å². The molecule has 3 heteroatoms. The van der Waals surface area contributed by atoms with Crippen LogP contribution < -0.4 is 5.73 Å². The summed E-state index contributed by atoms with van der Waals surface area (Å²) in [6.07, 6.45) is 5.52. The largest absolute Gasteiger partial charge is 0.326 e. The number of rotatable bonds is 3. The molecule has 0 aromatic heterocycles. The number of hydrogen-bond donors (Lipinski definition) is 1. The van der Waals surface area contributed by atoms with Gasteiger partial charge in [0.2, 0.25) is 0 Å². The van der Waals surface area contributed by atoms with Crippen molar-refractivity contribution in [1.29, 1.82) is 0 Å². The molecule has 0 spiro atoms. The van der Waals surface area contributed by atoms with Crippen molar-refractivity contribution < 1.29 is 0 Å². The van der Waals surface area contributed by atoms with Crippen molar-refractivity contribution in [2.24, 2.45) is 5.73 Å². The van der Waals surface area contributed by atoms with Gasteiger partial charge in [0, 0.05) is 25.7 Å². The van der Waals surface area contributed by atoms with Gasteiger partial charge in [-0.2, -0.15) is 0 Å². The Bertz CT molecular complexity index is 324. The van der Waals surface area contributed by atoms with Crippen molar-refractivity contribution in [2.45, 2.75) is 12.5 Å². The second kappa shape index (κ2) is 6.69. The van der Waals surface area contributed by atoms with Crippen molar-refractivity contribution in [1.82, 2.24) is 4.90 Å². The predicted molar refractivity (Wildman–Crippen MR) is 71.8 cm³/mol. The Morgan fingerprint density at radius 3 is 2.69 bits per heavy atom. The van der Waals surface area contributed by atoms with Gasteiger partial charge in [0.1, 0.15) is 0 Å². The Morgan fingerprint density at radius 1 is 1.31 bits per heavy atom. The first-order valence-corrected chi connectivity index (χ1v) is 5.54. The number of likely N-dealkylation sites (tertiary alicyclic amines) is 1. The van der Waals surface area contributed by atoms with E-state index in [1.54, 1.807) is 0 Å². The SMILES string of the molecule is Cl.NC1CCN(C/C=C/c2ccccc2)C1. The number of halogens is 1. The Hall–Kier alpha value is -0.830. The maximum Gasteiger partial charge on any atom is 0.0180 e. The summed E-state index contributed by atoms with van der Waals surface area (Å²) in [6.45, 7) is 3.20. The van der Waals surface area contributed by atoms with Gasteiger partial charge < -0.3 is 5.73 Å². The molecule has 1 saturated heterocycles. The van der Waals surface area contributed by atoms with E-state index < -0.39 is 0 Å². The third-order valence-corrected chi connectivity index (χ3v) is 2.78. The van der Waals surface area contributed by atoms with Gasteiger partial charge in [0.25, 0.3) is 0 Å². The minimum absolute atomic E-state index is 0. The zero-order chi connectivity index (χ0) is 10.5. The second-order valence-corrected chi connectivity index (χ2v) is 4.12. The van der Waals surface area contributed by atoms with Crippen LogP contribution in [0, 0.1) is 0 Å². The first-order valence-electron chi connectivity index (χ1n) is 5.54. The summed E-state index contributed by atoms with van der Waals surface area (Å²) in [5, 5.41) is 0. The Balaban J connectivity index is 0.00000128. The first-order chi connectivity index (χ1) is 7.34. The summed E-state index contributed by atoms with van der Waals surface area (Å²) in [7, 11) is 0. The lowest BCUT2D eigenvalue weighted by Gasteiger charge is -2.11. The van der Waals surface area contributed by atoms with Crippen molar-refractivity contribution in [3.05, 3.63) is 42.0 Å². The molecule has 2 N–H and O–H groups in total. The van der Waals surface area contributed by atoms with Gasteiger partial charge in [-0.3, -0.25) is 4.90 Å². The summed E-state index contributed by atoms with van der Waals surface area (Å²) in [5.74, 6) is 0. The van der Waals surface area contributed by atoms with E-state index in [-0.39, 0.29) is 12.4 Å². The molecule has 1 unspecified atom stereocenters. The molecular weight excluding hydrogens is 220 g/mol. The minimum atomic E-state index is 0. The van der Waals surface area contributed by atoms with Crippen LogP contribution in [-0.4, -0.2) is 30.6 Å². The molecule has 0 bridgehead atoms. The smallest absolute Gasteiger partial charge is 0.0180 e. The lowest BCUT2D eigenvalue weighted by atomic mass is 10.2. The third kappa shape index (κ3) is 3.97. The van der Waals surface area contributed by atoms with Crippen LogP contribution >= 0.6 is 12.4 Å². The van der Waals surface area contributed by atoms with Crippen molar-refractivity contribution in [3.8, 4) is 0 Å². The summed E-state index contributed by atoms with van der Waals surface area (Å²) in [6, 6.07) is 10.8. The van der Waals surface area contributed by atoms with E-state index in [0.717, 1.165) is 26.1 Å². The number of nitrogens with zero attached hydrogens (tertiary/aromatic N) is 1. The highest BCUT2D eigenvalue weighted by Crippen LogP contribution is 2.07. The molecule has 2 nitrogen and oxygen atoms in total. The Morgan fingerprint density at radius 2 is 2.06 bits per heavy atom. The van der Waals surface area contributed by atoms with Gasteiger partial charge in [0.15, 0.2) is 0 Å². The van der Waals surface area contributed by atoms with Crippen LogP contribution in [0.3, 0.4) is 0 Å². The van der Waals surface area contributed by atoms with Gasteiger partial charge >= 0.3 is 0 Å². The number of nitrogens with two attached hydrogens (primary N) is 1.